The lowest BCUT2D eigenvalue weighted by Gasteiger charge is -2.51. The summed E-state index contributed by atoms with van der Waals surface area (Å²) >= 11 is 0. The number of aliphatic hydroxyl groups excluding tert-OH is 1. The third-order valence-electron chi connectivity index (χ3n) is 6.23. The van der Waals surface area contributed by atoms with E-state index in [1.807, 2.05) is 0 Å². The maximum absolute atomic E-state index is 10.8. The lowest BCUT2D eigenvalue weighted by atomic mass is 9.66. The molecule has 2 N–H and O–H groups in total. The molecule has 1 aliphatic heterocycles. The van der Waals surface area contributed by atoms with Gasteiger partial charge in [0.2, 0.25) is 0 Å². The van der Waals surface area contributed by atoms with E-state index in [4.69, 9.17) is 10.00 Å². The van der Waals surface area contributed by atoms with Gasteiger partial charge in [-0.3, -0.25) is 0 Å². The number of nitriles is 1. The molecule has 21 heavy (non-hydrogen) atoms. The second-order valence-electron chi connectivity index (χ2n) is 7.36. The monoisotopic (exact) mass is 293 g/mol. The van der Waals surface area contributed by atoms with Gasteiger partial charge in [0, 0.05) is 18.8 Å². The van der Waals surface area contributed by atoms with Crippen LogP contribution in [0.4, 0.5) is 0 Å². The number of hydrogen-bond acceptors (Lipinski definition) is 4. The first-order valence-electron chi connectivity index (χ1n) is 8.50. The van der Waals surface area contributed by atoms with Crippen molar-refractivity contribution in [3.05, 3.63) is 0 Å². The highest BCUT2D eigenvalue weighted by Gasteiger charge is 2.53. The van der Waals surface area contributed by atoms with E-state index in [-0.39, 0.29) is 18.1 Å². The molecule has 7 atom stereocenters. The minimum atomic E-state index is -1.05. The first kappa shape index (κ1) is 15.3. The maximum Gasteiger partial charge on any atom is 0.168 e. The third kappa shape index (κ3) is 2.72. The van der Waals surface area contributed by atoms with E-state index < -0.39 is 5.79 Å². The van der Waals surface area contributed by atoms with Crippen LogP contribution < -0.4 is 0 Å². The van der Waals surface area contributed by atoms with E-state index in [2.05, 4.69) is 13.0 Å². The summed E-state index contributed by atoms with van der Waals surface area (Å²) in [5, 5.41) is 29.6. The predicted octanol–water partition coefficient (Wildman–Crippen LogP) is 2.59. The average Bonchev–Trinajstić information content (AvgIpc) is 2.83. The summed E-state index contributed by atoms with van der Waals surface area (Å²) in [6.07, 6.45) is 6.75. The van der Waals surface area contributed by atoms with Crippen molar-refractivity contribution in [2.75, 3.05) is 0 Å². The van der Waals surface area contributed by atoms with Crippen molar-refractivity contribution < 1.29 is 14.9 Å². The molecule has 0 spiro atoms. The Hall–Kier alpha value is -0.630. The largest absolute Gasteiger partial charge is 0.393 e. The third-order valence-corrected chi connectivity index (χ3v) is 6.23. The quantitative estimate of drug-likeness (QED) is 0.784. The van der Waals surface area contributed by atoms with Crippen molar-refractivity contribution in [3.8, 4) is 6.07 Å². The molecule has 1 saturated heterocycles. The van der Waals surface area contributed by atoms with Crippen LogP contribution in [0.15, 0.2) is 0 Å². The maximum atomic E-state index is 10.8. The van der Waals surface area contributed by atoms with Gasteiger partial charge in [0.1, 0.15) is 0 Å². The molecule has 0 aromatic heterocycles. The fourth-order valence-electron chi connectivity index (χ4n) is 5.03. The second kappa shape index (κ2) is 5.87. The summed E-state index contributed by atoms with van der Waals surface area (Å²) in [4.78, 5) is 0. The highest BCUT2D eigenvalue weighted by Crippen LogP contribution is 2.53. The number of aliphatic hydroxyl groups is 2. The van der Waals surface area contributed by atoms with Crippen LogP contribution in [0.1, 0.15) is 58.3 Å². The zero-order valence-electron chi connectivity index (χ0n) is 12.9. The van der Waals surface area contributed by atoms with Gasteiger partial charge >= 0.3 is 0 Å². The number of unbranched alkanes of at least 4 members (excludes halogenated alkanes) is 1. The molecule has 0 aromatic rings. The molecular weight excluding hydrogens is 266 g/mol. The van der Waals surface area contributed by atoms with Crippen LogP contribution in [0, 0.1) is 35.0 Å². The molecular formula is C17H27NO3. The van der Waals surface area contributed by atoms with Crippen molar-refractivity contribution in [3.63, 3.8) is 0 Å². The summed E-state index contributed by atoms with van der Waals surface area (Å²) in [5.41, 5.74) is 0. The molecule has 0 aromatic carbocycles. The zero-order chi connectivity index (χ0) is 15.0. The van der Waals surface area contributed by atoms with Crippen LogP contribution in [0.25, 0.3) is 0 Å². The molecule has 3 fully saturated rings. The van der Waals surface area contributed by atoms with E-state index >= 15 is 0 Å². The Bertz CT molecular complexity index is 421. The van der Waals surface area contributed by atoms with Gasteiger partial charge in [0.25, 0.3) is 0 Å². The standard InChI is InChI=1S/C17H27NO3/c1-11-10-14-12-4-6-15(19)13(12)5-7-16(14)21-17(11,20)8-2-3-9-18/h11-16,19-20H,2-8,10H2,1H3/t11?,12?,13?,14?,15-,16?,17?/m1/s1. The van der Waals surface area contributed by atoms with Crippen LogP contribution in [0.2, 0.25) is 0 Å². The van der Waals surface area contributed by atoms with Gasteiger partial charge in [0.05, 0.1) is 18.3 Å². The first-order chi connectivity index (χ1) is 10.0. The van der Waals surface area contributed by atoms with Gasteiger partial charge < -0.3 is 14.9 Å². The minimum Gasteiger partial charge on any atom is -0.393 e. The van der Waals surface area contributed by atoms with Crippen LogP contribution in [-0.2, 0) is 4.74 Å². The summed E-state index contributed by atoms with van der Waals surface area (Å²) in [6, 6.07) is 2.14. The Balaban J connectivity index is 1.68. The van der Waals surface area contributed by atoms with Crippen molar-refractivity contribution in [1.29, 1.82) is 5.26 Å². The molecule has 0 amide bonds. The Kier molecular flexibility index (Phi) is 4.27. The lowest BCUT2D eigenvalue weighted by molar-refractivity contribution is -0.309. The Morgan fingerprint density at radius 1 is 1.19 bits per heavy atom. The molecule has 118 valence electrons. The topological polar surface area (TPSA) is 73.5 Å². The van der Waals surface area contributed by atoms with Gasteiger partial charge in [-0.1, -0.05) is 6.92 Å². The van der Waals surface area contributed by atoms with Gasteiger partial charge in [-0.15, -0.1) is 0 Å². The number of rotatable bonds is 3. The van der Waals surface area contributed by atoms with E-state index in [1.165, 1.54) is 0 Å². The fourth-order valence-corrected chi connectivity index (χ4v) is 5.03. The van der Waals surface area contributed by atoms with Crippen LogP contribution in [0.5, 0.6) is 0 Å². The predicted molar refractivity (Wildman–Crippen MR) is 78.0 cm³/mol. The zero-order valence-corrected chi connectivity index (χ0v) is 12.9. The Morgan fingerprint density at radius 3 is 2.71 bits per heavy atom. The highest BCUT2D eigenvalue weighted by molar-refractivity contribution is 4.99. The van der Waals surface area contributed by atoms with Crippen molar-refractivity contribution in [2.24, 2.45) is 23.7 Å². The number of nitrogens with zero attached hydrogens (tertiary/aromatic N) is 1. The number of hydrogen-bond donors (Lipinski definition) is 2. The summed E-state index contributed by atoms with van der Waals surface area (Å²) in [6.45, 7) is 2.07. The van der Waals surface area contributed by atoms with E-state index in [0.29, 0.717) is 37.0 Å². The molecule has 3 rings (SSSR count). The summed E-state index contributed by atoms with van der Waals surface area (Å²) in [7, 11) is 0. The molecule has 1 heterocycles. The van der Waals surface area contributed by atoms with E-state index in [1.54, 1.807) is 0 Å². The SMILES string of the molecule is CC1CC2C(CCC3C2CC[C@H]3O)OC1(O)CCCC#N. The highest BCUT2D eigenvalue weighted by atomic mass is 16.6. The smallest absolute Gasteiger partial charge is 0.168 e. The Morgan fingerprint density at radius 2 is 1.95 bits per heavy atom. The van der Waals surface area contributed by atoms with Gasteiger partial charge in [-0.25, -0.2) is 0 Å². The average molecular weight is 293 g/mol. The molecule has 2 saturated carbocycles. The van der Waals surface area contributed by atoms with Crippen LogP contribution >= 0.6 is 0 Å². The molecule has 4 heteroatoms. The number of ether oxygens (including phenoxy) is 1. The van der Waals surface area contributed by atoms with Crippen molar-refractivity contribution in [2.45, 2.75) is 76.3 Å². The van der Waals surface area contributed by atoms with Crippen LogP contribution in [-0.4, -0.2) is 28.2 Å². The van der Waals surface area contributed by atoms with E-state index in [9.17, 15) is 10.2 Å². The molecule has 0 bridgehead atoms. The second-order valence-corrected chi connectivity index (χ2v) is 7.36. The Labute approximate surface area is 127 Å². The molecule has 0 radical (unpaired) electrons. The van der Waals surface area contributed by atoms with Gasteiger partial charge in [0.15, 0.2) is 5.79 Å². The molecule has 4 nitrogen and oxygen atoms in total. The number of fused-ring (bicyclic) bond motifs is 3. The van der Waals surface area contributed by atoms with Gasteiger partial charge in [-0.2, -0.15) is 5.26 Å². The molecule has 2 aliphatic carbocycles. The van der Waals surface area contributed by atoms with Crippen molar-refractivity contribution >= 4 is 0 Å². The molecule has 6 unspecified atom stereocenters. The molecule has 3 aliphatic rings. The lowest BCUT2D eigenvalue weighted by Crippen LogP contribution is -2.54. The van der Waals surface area contributed by atoms with Gasteiger partial charge in [-0.05, 0) is 56.3 Å². The first-order valence-corrected chi connectivity index (χ1v) is 8.50. The minimum absolute atomic E-state index is 0.105. The van der Waals surface area contributed by atoms with Crippen LogP contribution in [0.3, 0.4) is 0 Å². The summed E-state index contributed by atoms with van der Waals surface area (Å²) < 4.78 is 6.14. The fraction of sp³-hybridized carbons (Fsp3) is 0.941. The summed E-state index contributed by atoms with van der Waals surface area (Å²) in [5.74, 6) is 0.569. The normalized spacial score (nSPS) is 49.2. The van der Waals surface area contributed by atoms with Crippen molar-refractivity contribution in [1.82, 2.24) is 0 Å². The van der Waals surface area contributed by atoms with E-state index in [0.717, 1.165) is 32.1 Å².